The zero-order chi connectivity index (χ0) is 11.8. The van der Waals surface area contributed by atoms with E-state index in [-0.39, 0.29) is 5.97 Å². The van der Waals surface area contributed by atoms with Gasteiger partial charge in [-0.05, 0) is 19.8 Å². The Hall–Kier alpha value is -0.610. The molecule has 0 aromatic carbocycles. The molecule has 0 saturated heterocycles. The van der Waals surface area contributed by atoms with Crippen molar-refractivity contribution in [2.45, 2.75) is 40.5 Å². The summed E-state index contributed by atoms with van der Waals surface area (Å²) in [5, 5.41) is 15.8. The van der Waals surface area contributed by atoms with Crippen LogP contribution in [-0.2, 0) is 9.53 Å². The Kier molecular flexibility index (Phi) is 31.1. The molecule has 0 aliphatic carbocycles. The molecule has 2 N–H and O–H groups in total. The summed E-state index contributed by atoms with van der Waals surface area (Å²) in [7, 11) is 0. The topological polar surface area (TPSA) is 66.8 Å². The van der Waals surface area contributed by atoms with Crippen LogP contribution in [0.1, 0.15) is 40.5 Å². The number of aliphatic hydroxyl groups is 2. The number of ether oxygens (including phenoxy) is 1. The first-order valence-electron chi connectivity index (χ1n) is 4.95. The summed E-state index contributed by atoms with van der Waals surface area (Å²) in [4.78, 5) is 9.82. The van der Waals surface area contributed by atoms with Gasteiger partial charge in [0.05, 0.1) is 6.61 Å². The van der Waals surface area contributed by atoms with Crippen molar-refractivity contribution in [3.05, 3.63) is 0 Å². The molecule has 0 rings (SSSR count). The third-order valence-electron chi connectivity index (χ3n) is 0.795. The fraction of sp³-hybridized carbons (Fsp3) is 0.900. The second-order valence-corrected chi connectivity index (χ2v) is 2.37. The van der Waals surface area contributed by atoms with Gasteiger partial charge >= 0.3 is 5.97 Å². The van der Waals surface area contributed by atoms with Crippen LogP contribution in [0.2, 0.25) is 0 Å². The Morgan fingerprint density at radius 2 is 1.36 bits per heavy atom. The molecule has 0 aliphatic rings. The second-order valence-electron chi connectivity index (χ2n) is 2.37. The van der Waals surface area contributed by atoms with E-state index < -0.39 is 0 Å². The van der Waals surface area contributed by atoms with Crippen LogP contribution in [0.25, 0.3) is 0 Å². The largest absolute Gasteiger partial charge is 0.466 e. The lowest BCUT2D eigenvalue weighted by atomic mass is 10.5. The Labute approximate surface area is 86.9 Å². The van der Waals surface area contributed by atoms with Gasteiger partial charge in [0.1, 0.15) is 0 Å². The van der Waals surface area contributed by atoms with Gasteiger partial charge in [0.15, 0.2) is 0 Å². The molecule has 88 valence electrons. The second kappa shape index (κ2) is 22.8. The number of esters is 1. The molecule has 0 spiro atoms. The van der Waals surface area contributed by atoms with Crippen LogP contribution in [0.3, 0.4) is 0 Å². The SMILES string of the molecule is CCCO.CCCO.CCOC(C)=O. The number of carbonyl (C=O) groups is 1. The van der Waals surface area contributed by atoms with Crippen molar-refractivity contribution >= 4 is 5.97 Å². The van der Waals surface area contributed by atoms with E-state index in [1.165, 1.54) is 6.92 Å². The molecule has 0 saturated carbocycles. The standard InChI is InChI=1S/C4H8O2.2C3H8O/c1-3-6-4(2)5;2*1-2-3-4/h3H2,1-2H3;2*4H,2-3H2,1H3. The average Bonchev–Trinajstić information content (AvgIpc) is 2.18. The maximum absolute atomic E-state index is 9.82. The van der Waals surface area contributed by atoms with E-state index in [4.69, 9.17) is 10.2 Å². The summed E-state index contributed by atoms with van der Waals surface area (Å²) in [5.41, 5.74) is 0. The Morgan fingerprint density at radius 3 is 1.36 bits per heavy atom. The number of hydrogen-bond donors (Lipinski definition) is 2. The van der Waals surface area contributed by atoms with Crippen molar-refractivity contribution in [2.75, 3.05) is 19.8 Å². The fourth-order valence-electron chi connectivity index (χ4n) is 0.203. The average molecular weight is 208 g/mol. The van der Waals surface area contributed by atoms with Crippen LogP contribution in [0.4, 0.5) is 0 Å². The molecule has 0 bridgehead atoms. The summed E-state index contributed by atoms with van der Waals surface area (Å²) >= 11 is 0. The molecule has 0 aromatic rings. The monoisotopic (exact) mass is 208 g/mol. The minimum absolute atomic E-state index is 0.211. The van der Waals surface area contributed by atoms with E-state index in [1.807, 2.05) is 13.8 Å². The maximum Gasteiger partial charge on any atom is 0.302 e. The van der Waals surface area contributed by atoms with E-state index in [0.717, 1.165) is 12.8 Å². The Morgan fingerprint density at radius 1 is 1.07 bits per heavy atom. The lowest BCUT2D eigenvalue weighted by Gasteiger charge is -1.89. The van der Waals surface area contributed by atoms with Crippen molar-refractivity contribution in [1.82, 2.24) is 0 Å². The molecule has 4 nitrogen and oxygen atoms in total. The van der Waals surface area contributed by atoms with E-state index in [2.05, 4.69) is 4.74 Å². The van der Waals surface area contributed by atoms with E-state index in [0.29, 0.717) is 19.8 Å². The molecule has 0 unspecified atom stereocenters. The fourth-order valence-corrected chi connectivity index (χ4v) is 0.203. The predicted molar refractivity (Wildman–Crippen MR) is 57.1 cm³/mol. The van der Waals surface area contributed by atoms with Gasteiger partial charge in [0.25, 0.3) is 0 Å². The first-order chi connectivity index (χ1) is 6.60. The number of carbonyl (C=O) groups excluding carboxylic acids is 1. The molecule has 0 heterocycles. The van der Waals surface area contributed by atoms with Crippen molar-refractivity contribution in [3.8, 4) is 0 Å². The zero-order valence-electron chi connectivity index (χ0n) is 9.75. The van der Waals surface area contributed by atoms with Gasteiger partial charge in [-0.25, -0.2) is 0 Å². The van der Waals surface area contributed by atoms with E-state index in [1.54, 1.807) is 6.92 Å². The normalized spacial score (nSPS) is 7.57. The molecule has 0 amide bonds. The van der Waals surface area contributed by atoms with Crippen LogP contribution < -0.4 is 0 Å². The minimum atomic E-state index is -0.211. The van der Waals surface area contributed by atoms with Crippen LogP contribution in [-0.4, -0.2) is 36.0 Å². The molecule has 14 heavy (non-hydrogen) atoms. The van der Waals surface area contributed by atoms with E-state index in [9.17, 15) is 4.79 Å². The number of rotatable bonds is 3. The summed E-state index contributed by atoms with van der Waals surface area (Å²) < 4.78 is 4.40. The number of aliphatic hydroxyl groups excluding tert-OH is 2. The van der Waals surface area contributed by atoms with Gasteiger partial charge in [0.2, 0.25) is 0 Å². The van der Waals surface area contributed by atoms with Crippen molar-refractivity contribution in [3.63, 3.8) is 0 Å². The minimum Gasteiger partial charge on any atom is -0.466 e. The van der Waals surface area contributed by atoms with Crippen LogP contribution in [0, 0.1) is 0 Å². The predicted octanol–water partition coefficient (Wildman–Crippen LogP) is 1.35. The van der Waals surface area contributed by atoms with Crippen molar-refractivity contribution in [1.29, 1.82) is 0 Å². The highest BCUT2D eigenvalue weighted by molar-refractivity contribution is 5.65. The maximum atomic E-state index is 9.82. The van der Waals surface area contributed by atoms with Gasteiger partial charge < -0.3 is 14.9 Å². The number of hydrogen-bond acceptors (Lipinski definition) is 4. The smallest absolute Gasteiger partial charge is 0.302 e. The van der Waals surface area contributed by atoms with Crippen LogP contribution in [0.5, 0.6) is 0 Å². The van der Waals surface area contributed by atoms with Crippen molar-refractivity contribution < 1.29 is 19.7 Å². The first kappa shape index (κ1) is 19.0. The van der Waals surface area contributed by atoms with Gasteiger partial charge in [-0.1, -0.05) is 13.8 Å². The third-order valence-corrected chi connectivity index (χ3v) is 0.795. The summed E-state index contributed by atoms with van der Waals surface area (Å²) in [6.45, 7) is 8.15. The summed E-state index contributed by atoms with van der Waals surface area (Å²) in [6.07, 6.45) is 1.75. The highest BCUT2D eigenvalue weighted by Crippen LogP contribution is 1.69. The highest BCUT2D eigenvalue weighted by Gasteiger charge is 1.81. The summed E-state index contributed by atoms with van der Waals surface area (Å²) in [5.74, 6) is -0.211. The van der Waals surface area contributed by atoms with Gasteiger partial charge in [-0.15, -0.1) is 0 Å². The molecule has 0 aliphatic heterocycles. The van der Waals surface area contributed by atoms with Crippen LogP contribution >= 0.6 is 0 Å². The third kappa shape index (κ3) is 63.8. The molecule has 0 aromatic heterocycles. The molecular weight excluding hydrogens is 184 g/mol. The molecule has 0 fully saturated rings. The van der Waals surface area contributed by atoms with Gasteiger partial charge in [-0.3, -0.25) is 4.79 Å². The lowest BCUT2D eigenvalue weighted by Crippen LogP contribution is -1.95. The van der Waals surface area contributed by atoms with Gasteiger partial charge in [0, 0.05) is 20.1 Å². The van der Waals surface area contributed by atoms with E-state index >= 15 is 0 Å². The quantitative estimate of drug-likeness (QED) is 0.687. The lowest BCUT2D eigenvalue weighted by molar-refractivity contribution is -0.140. The Balaban J connectivity index is -0.000000135. The van der Waals surface area contributed by atoms with Crippen molar-refractivity contribution in [2.24, 2.45) is 0 Å². The Bertz CT molecular complexity index is 86.1. The highest BCUT2D eigenvalue weighted by atomic mass is 16.5. The zero-order valence-corrected chi connectivity index (χ0v) is 9.75. The molecular formula is C10H24O4. The van der Waals surface area contributed by atoms with Crippen LogP contribution in [0.15, 0.2) is 0 Å². The summed E-state index contributed by atoms with van der Waals surface area (Å²) in [6, 6.07) is 0. The van der Waals surface area contributed by atoms with Gasteiger partial charge in [-0.2, -0.15) is 0 Å². The molecule has 4 heteroatoms. The molecule has 0 atom stereocenters. The first-order valence-corrected chi connectivity index (χ1v) is 4.95. The molecule has 0 radical (unpaired) electrons.